The molecule has 0 radical (unpaired) electrons. The molecular weight excluding hydrogens is 255 g/mol. The highest BCUT2D eigenvalue weighted by Crippen LogP contribution is 2.22. The Labute approximate surface area is 117 Å². The first-order chi connectivity index (χ1) is 9.49. The summed E-state index contributed by atoms with van der Waals surface area (Å²) in [7, 11) is 0. The quantitative estimate of drug-likeness (QED) is 0.930. The van der Waals surface area contributed by atoms with Crippen LogP contribution in [0.3, 0.4) is 0 Å². The lowest BCUT2D eigenvalue weighted by atomic mass is 9.94. The van der Waals surface area contributed by atoms with E-state index in [4.69, 9.17) is 5.73 Å². The van der Waals surface area contributed by atoms with Gasteiger partial charge in [0.25, 0.3) is 5.91 Å². The molecule has 0 aliphatic rings. The van der Waals surface area contributed by atoms with Gasteiger partial charge in [0.05, 0.1) is 11.3 Å². The van der Waals surface area contributed by atoms with Gasteiger partial charge in [0.2, 0.25) is 0 Å². The second kappa shape index (κ2) is 5.82. The third-order valence-corrected chi connectivity index (χ3v) is 3.21. The van der Waals surface area contributed by atoms with E-state index in [2.05, 4.69) is 4.98 Å². The number of hydrogen-bond acceptors (Lipinski definition) is 2. The lowest BCUT2D eigenvalue weighted by Gasteiger charge is -2.14. The van der Waals surface area contributed by atoms with Crippen molar-refractivity contribution >= 4 is 5.91 Å². The van der Waals surface area contributed by atoms with Gasteiger partial charge in [-0.2, -0.15) is 0 Å². The molecule has 2 N–H and O–H groups in total. The van der Waals surface area contributed by atoms with Crippen LogP contribution < -0.4 is 5.73 Å². The summed E-state index contributed by atoms with van der Waals surface area (Å²) in [4.78, 5) is 16.0. The zero-order valence-electron chi connectivity index (χ0n) is 11.6. The molecule has 1 amide bonds. The topological polar surface area (TPSA) is 56.0 Å². The summed E-state index contributed by atoms with van der Waals surface area (Å²) in [5.41, 5.74) is 8.39. The summed E-state index contributed by atoms with van der Waals surface area (Å²) in [5.74, 6) is -0.570. The highest BCUT2D eigenvalue weighted by molar-refractivity contribution is 5.95. The molecule has 0 saturated carbocycles. The molecule has 20 heavy (non-hydrogen) atoms. The van der Waals surface area contributed by atoms with E-state index in [1.165, 1.54) is 12.1 Å². The van der Waals surface area contributed by atoms with Crippen LogP contribution in [0.1, 0.15) is 46.9 Å². The first-order valence-corrected chi connectivity index (χ1v) is 6.51. The number of amides is 1. The van der Waals surface area contributed by atoms with E-state index in [9.17, 15) is 9.18 Å². The molecule has 4 heteroatoms. The van der Waals surface area contributed by atoms with Gasteiger partial charge in [-0.3, -0.25) is 9.78 Å². The average molecular weight is 272 g/mol. The van der Waals surface area contributed by atoms with Crippen LogP contribution in [-0.4, -0.2) is 10.9 Å². The number of benzene rings is 1. The van der Waals surface area contributed by atoms with Crippen molar-refractivity contribution in [3.63, 3.8) is 0 Å². The summed E-state index contributed by atoms with van der Waals surface area (Å²) in [5, 5.41) is 0. The maximum atomic E-state index is 12.9. The second-order valence-electron chi connectivity index (χ2n) is 5.04. The number of carbonyl (C=O) groups is 1. The molecule has 0 aliphatic heterocycles. The molecule has 104 valence electrons. The molecule has 1 aromatic carbocycles. The van der Waals surface area contributed by atoms with E-state index in [0.717, 1.165) is 11.1 Å². The summed E-state index contributed by atoms with van der Waals surface area (Å²) >= 11 is 0. The number of rotatable bonds is 4. The summed E-state index contributed by atoms with van der Waals surface area (Å²) < 4.78 is 12.9. The van der Waals surface area contributed by atoms with Crippen LogP contribution >= 0.6 is 0 Å². The van der Waals surface area contributed by atoms with Crippen molar-refractivity contribution in [3.8, 4) is 0 Å². The molecule has 2 rings (SSSR count). The predicted octanol–water partition coefficient (Wildman–Crippen LogP) is 3.03. The van der Waals surface area contributed by atoms with E-state index in [0.29, 0.717) is 17.7 Å². The number of nitrogens with zero attached hydrogens (tertiary/aromatic N) is 1. The van der Waals surface area contributed by atoms with Gasteiger partial charge in [0.15, 0.2) is 0 Å². The van der Waals surface area contributed by atoms with E-state index in [-0.39, 0.29) is 11.7 Å². The Bertz CT molecular complexity index is 621. The molecule has 0 fully saturated rings. The van der Waals surface area contributed by atoms with E-state index >= 15 is 0 Å². The normalized spacial score (nSPS) is 10.8. The van der Waals surface area contributed by atoms with Crippen molar-refractivity contribution in [2.45, 2.75) is 26.2 Å². The highest BCUT2D eigenvalue weighted by Gasteiger charge is 2.17. The summed E-state index contributed by atoms with van der Waals surface area (Å²) in [6, 6.07) is 7.98. The van der Waals surface area contributed by atoms with Crippen molar-refractivity contribution < 1.29 is 9.18 Å². The monoisotopic (exact) mass is 272 g/mol. The third-order valence-electron chi connectivity index (χ3n) is 3.21. The van der Waals surface area contributed by atoms with Gasteiger partial charge in [-0.05, 0) is 35.2 Å². The first kappa shape index (κ1) is 14.2. The smallest absolute Gasteiger partial charge is 0.250 e. The van der Waals surface area contributed by atoms with E-state index in [1.807, 2.05) is 19.9 Å². The van der Waals surface area contributed by atoms with Crippen LogP contribution in [0.15, 0.2) is 36.5 Å². The molecular formula is C16H17FN2O. The van der Waals surface area contributed by atoms with Crippen molar-refractivity contribution in [2.24, 2.45) is 5.73 Å². The van der Waals surface area contributed by atoms with Gasteiger partial charge in [-0.15, -0.1) is 0 Å². The Morgan fingerprint density at radius 1 is 1.25 bits per heavy atom. The Balaban J connectivity index is 2.43. The summed E-state index contributed by atoms with van der Waals surface area (Å²) in [6.07, 6.45) is 2.14. The first-order valence-electron chi connectivity index (χ1n) is 6.51. The SMILES string of the molecule is CC(C)c1ccnc(Cc2ccc(F)cc2)c1C(N)=O. The fourth-order valence-corrected chi connectivity index (χ4v) is 2.22. The molecule has 1 aromatic heterocycles. The minimum atomic E-state index is -0.473. The molecule has 0 bridgehead atoms. The van der Waals surface area contributed by atoms with Gasteiger partial charge in [0, 0.05) is 12.6 Å². The number of halogens is 1. The Kier molecular flexibility index (Phi) is 4.13. The van der Waals surface area contributed by atoms with Crippen molar-refractivity contribution in [1.29, 1.82) is 0 Å². The standard InChI is InChI=1S/C16H17FN2O/c1-10(2)13-7-8-19-14(15(13)16(18)20)9-11-3-5-12(17)6-4-11/h3-8,10H,9H2,1-2H3,(H2,18,20). The molecule has 0 atom stereocenters. The van der Waals surface area contributed by atoms with E-state index in [1.54, 1.807) is 18.3 Å². The molecule has 0 saturated heterocycles. The van der Waals surface area contributed by atoms with E-state index < -0.39 is 5.91 Å². The van der Waals surface area contributed by atoms with Crippen molar-refractivity contribution in [3.05, 3.63) is 64.7 Å². The molecule has 3 nitrogen and oxygen atoms in total. The average Bonchev–Trinajstić information content (AvgIpc) is 2.40. The van der Waals surface area contributed by atoms with Crippen LogP contribution in [0.25, 0.3) is 0 Å². The van der Waals surface area contributed by atoms with Crippen LogP contribution in [0, 0.1) is 5.82 Å². The zero-order chi connectivity index (χ0) is 14.7. The Morgan fingerprint density at radius 3 is 2.45 bits per heavy atom. The van der Waals surface area contributed by atoms with Gasteiger partial charge < -0.3 is 5.73 Å². The van der Waals surface area contributed by atoms with Crippen molar-refractivity contribution in [2.75, 3.05) is 0 Å². The molecule has 0 spiro atoms. The highest BCUT2D eigenvalue weighted by atomic mass is 19.1. The van der Waals surface area contributed by atoms with Gasteiger partial charge >= 0.3 is 0 Å². The number of hydrogen-bond donors (Lipinski definition) is 1. The van der Waals surface area contributed by atoms with Gasteiger partial charge in [0.1, 0.15) is 5.82 Å². The fourth-order valence-electron chi connectivity index (χ4n) is 2.22. The number of nitrogens with two attached hydrogens (primary N) is 1. The number of pyridine rings is 1. The number of carbonyl (C=O) groups excluding carboxylic acids is 1. The van der Waals surface area contributed by atoms with Crippen LogP contribution in [-0.2, 0) is 6.42 Å². The lowest BCUT2D eigenvalue weighted by Crippen LogP contribution is -2.18. The minimum Gasteiger partial charge on any atom is -0.366 e. The predicted molar refractivity (Wildman–Crippen MR) is 76.0 cm³/mol. The number of aromatic nitrogens is 1. The molecule has 0 aliphatic carbocycles. The third kappa shape index (κ3) is 3.02. The minimum absolute atomic E-state index is 0.187. The maximum absolute atomic E-state index is 12.9. The lowest BCUT2D eigenvalue weighted by molar-refractivity contribution is 0.0998. The van der Waals surface area contributed by atoms with Crippen LogP contribution in [0.4, 0.5) is 4.39 Å². The molecule has 2 aromatic rings. The second-order valence-corrected chi connectivity index (χ2v) is 5.04. The van der Waals surface area contributed by atoms with Crippen LogP contribution in [0.5, 0.6) is 0 Å². The van der Waals surface area contributed by atoms with Gasteiger partial charge in [-0.1, -0.05) is 26.0 Å². The van der Waals surface area contributed by atoms with Crippen molar-refractivity contribution in [1.82, 2.24) is 4.98 Å². The number of primary amides is 1. The maximum Gasteiger partial charge on any atom is 0.250 e. The molecule has 0 unspecified atom stereocenters. The van der Waals surface area contributed by atoms with Gasteiger partial charge in [-0.25, -0.2) is 4.39 Å². The zero-order valence-corrected chi connectivity index (χ0v) is 11.6. The molecule has 1 heterocycles. The summed E-state index contributed by atoms with van der Waals surface area (Å²) in [6.45, 7) is 4.01. The fraction of sp³-hybridized carbons (Fsp3) is 0.250. The largest absolute Gasteiger partial charge is 0.366 e. The Morgan fingerprint density at radius 2 is 1.90 bits per heavy atom. The van der Waals surface area contributed by atoms with Crippen LogP contribution in [0.2, 0.25) is 0 Å². The Hall–Kier alpha value is -2.23.